The minimum Gasteiger partial charge on any atom is -0.497 e. The molecule has 0 fully saturated rings. The first-order valence-corrected chi connectivity index (χ1v) is 8.59. The number of anilines is 2. The SMILES string of the molecule is COc1ccc(-c2nc(Nc3cccc(OC)c3)c3ccccc3n2)cc1. The molecule has 3 aromatic carbocycles. The summed E-state index contributed by atoms with van der Waals surface area (Å²) in [5.41, 5.74) is 2.71. The lowest BCUT2D eigenvalue weighted by Gasteiger charge is -2.12. The molecule has 1 N–H and O–H groups in total. The fourth-order valence-electron chi connectivity index (χ4n) is 2.88. The summed E-state index contributed by atoms with van der Waals surface area (Å²) in [5.74, 6) is 2.99. The Kier molecular flexibility index (Phi) is 4.58. The van der Waals surface area contributed by atoms with Gasteiger partial charge in [-0.25, -0.2) is 9.97 Å². The number of methoxy groups -OCH3 is 2. The minimum absolute atomic E-state index is 0.654. The maximum Gasteiger partial charge on any atom is 0.162 e. The summed E-state index contributed by atoms with van der Waals surface area (Å²) < 4.78 is 10.5. The number of ether oxygens (including phenoxy) is 2. The highest BCUT2D eigenvalue weighted by Gasteiger charge is 2.10. The van der Waals surface area contributed by atoms with Crippen LogP contribution < -0.4 is 14.8 Å². The molecule has 5 nitrogen and oxygen atoms in total. The molecule has 0 amide bonds. The third kappa shape index (κ3) is 3.53. The van der Waals surface area contributed by atoms with Gasteiger partial charge in [0.15, 0.2) is 5.82 Å². The second-order valence-corrected chi connectivity index (χ2v) is 6.00. The van der Waals surface area contributed by atoms with Crippen LogP contribution >= 0.6 is 0 Å². The molecule has 0 aliphatic carbocycles. The number of nitrogens with zero attached hydrogens (tertiary/aromatic N) is 2. The molecule has 0 aliphatic rings. The zero-order chi connectivity index (χ0) is 18.6. The quantitative estimate of drug-likeness (QED) is 0.541. The number of fused-ring (bicyclic) bond motifs is 1. The fraction of sp³-hybridized carbons (Fsp3) is 0.0909. The molecule has 0 radical (unpaired) electrons. The Morgan fingerprint density at radius 1 is 0.741 bits per heavy atom. The van der Waals surface area contributed by atoms with Crippen molar-refractivity contribution in [3.8, 4) is 22.9 Å². The van der Waals surface area contributed by atoms with Gasteiger partial charge in [0.05, 0.1) is 19.7 Å². The summed E-state index contributed by atoms with van der Waals surface area (Å²) in [5, 5.41) is 4.35. The largest absolute Gasteiger partial charge is 0.497 e. The Balaban J connectivity index is 1.80. The van der Waals surface area contributed by atoms with Gasteiger partial charge in [-0.2, -0.15) is 0 Å². The predicted octanol–water partition coefficient (Wildman–Crippen LogP) is 5.06. The van der Waals surface area contributed by atoms with Gasteiger partial charge in [0.1, 0.15) is 17.3 Å². The molecule has 0 atom stereocenters. The van der Waals surface area contributed by atoms with Gasteiger partial charge in [-0.3, -0.25) is 0 Å². The van der Waals surface area contributed by atoms with Crippen molar-refractivity contribution in [2.24, 2.45) is 0 Å². The lowest BCUT2D eigenvalue weighted by Crippen LogP contribution is -1.99. The normalized spacial score (nSPS) is 10.6. The predicted molar refractivity (Wildman–Crippen MR) is 108 cm³/mol. The molecule has 0 unspecified atom stereocenters. The van der Waals surface area contributed by atoms with E-state index in [1.807, 2.05) is 72.8 Å². The van der Waals surface area contributed by atoms with E-state index in [1.54, 1.807) is 14.2 Å². The maximum atomic E-state index is 5.31. The molecular weight excluding hydrogens is 338 g/mol. The molecule has 4 rings (SSSR count). The van der Waals surface area contributed by atoms with Crippen LogP contribution in [0, 0.1) is 0 Å². The number of nitrogens with one attached hydrogen (secondary N) is 1. The number of hydrogen-bond acceptors (Lipinski definition) is 5. The molecule has 5 heteroatoms. The standard InChI is InChI=1S/C22H19N3O2/c1-26-17-12-10-15(11-13-17)21-24-20-9-4-3-8-19(20)22(25-21)23-16-6-5-7-18(14-16)27-2/h3-14H,1-2H3,(H,23,24,25). The third-order valence-electron chi connectivity index (χ3n) is 4.28. The van der Waals surface area contributed by atoms with Crippen molar-refractivity contribution in [2.45, 2.75) is 0 Å². The third-order valence-corrected chi connectivity index (χ3v) is 4.28. The zero-order valence-electron chi connectivity index (χ0n) is 15.1. The lowest BCUT2D eigenvalue weighted by atomic mass is 10.1. The van der Waals surface area contributed by atoms with Crippen molar-refractivity contribution in [1.29, 1.82) is 0 Å². The molecule has 0 saturated carbocycles. The monoisotopic (exact) mass is 357 g/mol. The molecule has 0 spiro atoms. The summed E-state index contributed by atoms with van der Waals surface area (Å²) in [6, 6.07) is 23.4. The van der Waals surface area contributed by atoms with E-state index in [9.17, 15) is 0 Å². The Morgan fingerprint density at radius 3 is 2.30 bits per heavy atom. The second kappa shape index (κ2) is 7.33. The van der Waals surface area contributed by atoms with Crippen LogP contribution in [0.3, 0.4) is 0 Å². The zero-order valence-corrected chi connectivity index (χ0v) is 15.1. The molecule has 1 aromatic heterocycles. The van der Waals surface area contributed by atoms with Gasteiger partial charge in [-0.1, -0.05) is 18.2 Å². The maximum absolute atomic E-state index is 5.31. The van der Waals surface area contributed by atoms with Crippen LogP contribution in [0.15, 0.2) is 72.8 Å². The number of para-hydroxylation sites is 1. The van der Waals surface area contributed by atoms with Gasteiger partial charge >= 0.3 is 0 Å². The minimum atomic E-state index is 0.654. The van der Waals surface area contributed by atoms with E-state index in [1.165, 1.54) is 0 Å². The Morgan fingerprint density at radius 2 is 1.52 bits per heavy atom. The van der Waals surface area contributed by atoms with Gasteiger partial charge in [0.2, 0.25) is 0 Å². The lowest BCUT2D eigenvalue weighted by molar-refractivity contribution is 0.415. The Hall–Kier alpha value is -3.60. The first-order chi connectivity index (χ1) is 13.3. The summed E-state index contributed by atoms with van der Waals surface area (Å²) in [6.45, 7) is 0. The van der Waals surface area contributed by atoms with E-state index >= 15 is 0 Å². The van der Waals surface area contributed by atoms with Gasteiger partial charge in [-0.15, -0.1) is 0 Å². The summed E-state index contributed by atoms with van der Waals surface area (Å²) in [7, 11) is 3.30. The molecule has 0 bridgehead atoms. The van der Waals surface area contributed by atoms with Crippen LogP contribution in [-0.4, -0.2) is 24.2 Å². The van der Waals surface area contributed by atoms with Crippen LogP contribution in [-0.2, 0) is 0 Å². The van der Waals surface area contributed by atoms with Crippen molar-refractivity contribution in [3.05, 3.63) is 72.8 Å². The number of hydrogen-bond donors (Lipinski definition) is 1. The van der Waals surface area contributed by atoms with E-state index < -0.39 is 0 Å². The molecule has 0 aliphatic heterocycles. The first kappa shape index (κ1) is 16.8. The fourth-order valence-corrected chi connectivity index (χ4v) is 2.88. The molecule has 0 saturated heterocycles. The van der Waals surface area contributed by atoms with Gasteiger partial charge in [0, 0.05) is 22.7 Å². The van der Waals surface area contributed by atoms with Crippen LogP contribution in [0.25, 0.3) is 22.3 Å². The summed E-state index contributed by atoms with van der Waals surface area (Å²) in [6.07, 6.45) is 0. The molecule has 134 valence electrons. The Bertz CT molecular complexity index is 1080. The van der Waals surface area contributed by atoms with Crippen molar-refractivity contribution in [3.63, 3.8) is 0 Å². The average Bonchev–Trinajstić information content (AvgIpc) is 2.74. The molecule has 27 heavy (non-hydrogen) atoms. The average molecular weight is 357 g/mol. The topological polar surface area (TPSA) is 56.3 Å². The first-order valence-electron chi connectivity index (χ1n) is 8.59. The smallest absolute Gasteiger partial charge is 0.162 e. The highest BCUT2D eigenvalue weighted by atomic mass is 16.5. The van der Waals surface area contributed by atoms with E-state index in [2.05, 4.69) is 5.32 Å². The number of aromatic nitrogens is 2. The van der Waals surface area contributed by atoms with Crippen molar-refractivity contribution in [2.75, 3.05) is 19.5 Å². The molecule has 4 aromatic rings. The van der Waals surface area contributed by atoms with E-state index in [0.29, 0.717) is 5.82 Å². The van der Waals surface area contributed by atoms with Crippen LogP contribution in [0.5, 0.6) is 11.5 Å². The highest BCUT2D eigenvalue weighted by molar-refractivity contribution is 5.92. The highest BCUT2D eigenvalue weighted by Crippen LogP contribution is 2.29. The number of benzene rings is 3. The van der Waals surface area contributed by atoms with E-state index in [-0.39, 0.29) is 0 Å². The van der Waals surface area contributed by atoms with Gasteiger partial charge in [0.25, 0.3) is 0 Å². The molecule has 1 heterocycles. The van der Waals surface area contributed by atoms with E-state index in [4.69, 9.17) is 19.4 Å². The second-order valence-electron chi connectivity index (χ2n) is 6.00. The van der Waals surface area contributed by atoms with Gasteiger partial charge < -0.3 is 14.8 Å². The summed E-state index contributed by atoms with van der Waals surface area (Å²) in [4.78, 5) is 9.49. The van der Waals surface area contributed by atoms with Crippen molar-refractivity contribution >= 4 is 22.4 Å². The Labute approximate surface area is 157 Å². The van der Waals surface area contributed by atoms with E-state index in [0.717, 1.165) is 39.5 Å². The van der Waals surface area contributed by atoms with Gasteiger partial charge in [-0.05, 0) is 48.5 Å². The van der Waals surface area contributed by atoms with Crippen molar-refractivity contribution < 1.29 is 9.47 Å². The summed E-state index contributed by atoms with van der Waals surface area (Å²) >= 11 is 0. The van der Waals surface area contributed by atoms with Crippen LogP contribution in [0.2, 0.25) is 0 Å². The number of rotatable bonds is 5. The van der Waals surface area contributed by atoms with Crippen LogP contribution in [0.4, 0.5) is 11.5 Å². The van der Waals surface area contributed by atoms with Crippen LogP contribution in [0.1, 0.15) is 0 Å². The molecular formula is C22H19N3O2. The van der Waals surface area contributed by atoms with Crippen molar-refractivity contribution in [1.82, 2.24) is 9.97 Å².